The predicted molar refractivity (Wildman–Crippen MR) is 90.4 cm³/mol. The number of aromatic nitrogens is 2. The molecule has 3 heterocycles. The van der Waals surface area contributed by atoms with Crippen LogP contribution in [0.15, 0.2) is 17.3 Å². The third-order valence-corrected chi connectivity index (χ3v) is 4.35. The number of allylic oxidation sites excluding steroid dienone is 1. The van der Waals surface area contributed by atoms with E-state index in [0.717, 1.165) is 38.4 Å². The van der Waals surface area contributed by atoms with Crippen LogP contribution in [-0.4, -0.2) is 48.4 Å². The fourth-order valence-corrected chi connectivity index (χ4v) is 2.72. The van der Waals surface area contributed by atoms with Gasteiger partial charge in [0.15, 0.2) is 5.69 Å². The number of piperidine rings is 1. The van der Waals surface area contributed by atoms with E-state index in [1.54, 1.807) is 4.90 Å². The second-order valence-corrected chi connectivity index (χ2v) is 6.16. The first-order valence-electron chi connectivity index (χ1n) is 8.35. The highest BCUT2D eigenvalue weighted by Crippen LogP contribution is 2.31. The number of nitrogens with zero attached hydrogens (tertiary/aromatic N) is 4. The van der Waals surface area contributed by atoms with Crippen LogP contribution in [0.5, 0.6) is 0 Å². The molecule has 2 aliphatic heterocycles. The van der Waals surface area contributed by atoms with Crippen LogP contribution in [0.25, 0.3) is 5.57 Å². The van der Waals surface area contributed by atoms with Gasteiger partial charge in [-0.1, -0.05) is 0 Å². The molecule has 0 atom stereocenters. The van der Waals surface area contributed by atoms with Crippen molar-refractivity contribution in [3.63, 3.8) is 0 Å². The number of alkyl halides is 3. The summed E-state index contributed by atoms with van der Waals surface area (Å²) in [5.74, 6) is 0.0886. The lowest BCUT2D eigenvalue weighted by molar-refractivity contribution is -0.141. The summed E-state index contributed by atoms with van der Waals surface area (Å²) >= 11 is 0. The molecule has 0 aromatic carbocycles. The van der Waals surface area contributed by atoms with Gasteiger partial charge in [0.25, 0.3) is 0 Å². The molecule has 3 rings (SSSR count). The molecule has 25 heavy (non-hydrogen) atoms. The maximum Gasteiger partial charge on any atom is 0.433 e. The van der Waals surface area contributed by atoms with Crippen molar-refractivity contribution in [1.29, 1.82) is 0 Å². The Labute approximate surface area is 144 Å². The third-order valence-electron chi connectivity index (χ3n) is 4.35. The molecule has 9 heteroatoms. The first-order chi connectivity index (χ1) is 12.0. The van der Waals surface area contributed by atoms with E-state index in [1.165, 1.54) is 12.4 Å². The molecule has 0 amide bonds. The van der Waals surface area contributed by atoms with Gasteiger partial charge in [0.05, 0.1) is 11.7 Å². The van der Waals surface area contributed by atoms with Crippen LogP contribution in [0.3, 0.4) is 0 Å². The summed E-state index contributed by atoms with van der Waals surface area (Å²) in [6.45, 7) is 3.08. The molecule has 1 aromatic rings. The number of aliphatic imine (C=N–C) groups is 1. The summed E-state index contributed by atoms with van der Waals surface area (Å²) in [7, 11) is 0. The summed E-state index contributed by atoms with van der Waals surface area (Å²) < 4.78 is 39.5. The summed E-state index contributed by atoms with van der Waals surface area (Å²) in [6, 6.07) is 1.08. The zero-order valence-electron chi connectivity index (χ0n) is 13.8. The maximum absolute atomic E-state index is 13.2. The number of hydrogen-bond donors (Lipinski definition) is 2. The summed E-state index contributed by atoms with van der Waals surface area (Å²) in [5.41, 5.74) is 5.18. The minimum absolute atomic E-state index is 0.0886. The number of hydrogen-bond acceptors (Lipinski definition) is 6. The topological polar surface area (TPSA) is 79.4 Å². The van der Waals surface area contributed by atoms with Crippen LogP contribution in [0.2, 0.25) is 0 Å². The van der Waals surface area contributed by atoms with Crippen LogP contribution in [0, 0.1) is 0 Å². The third kappa shape index (κ3) is 4.28. The van der Waals surface area contributed by atoms with Crippen molar-refractivity contribution in [3.8, 4) is 0 Å². The highest BCUT2D eigenvalue weighted by molar-refractivity contribution is 6.09. The molecule has 3 N–H and O–H groups in total. The van der Waals surface area contributed by atoms with Gasteiger partial charge in [-0.15, -0.1) is 0 Å². The Hall–Kier alpha value is -2.16. The zero-order chi connectivity index (χ0) is 17.9. The summed E-state index contributed by atoms with van der Waals surface area (Å²) in [6.07, 6.45) is 0.941. The van der Waals surface area contributed by atoms with Gasteiger partial charge < -0.3 is 16.0 Å². The normalized spacial score (nSPS) is 20.1. The number of halogens is 3. The number of rotatable bonds is 4. The van der Waals surface area contributed by atoms with Gasteiger partial charge in [0.2, 0.25) is 5.95 Å². The molecule has 136 valence electrons. The van der Waals surface area contributed by atoms with Crippen LogP contribution in [0.4, 0.5) is 19.1 Å². The monoisotopic (exact) mass is 354 g/mol. The Morgan fingerprint density at radius 2 is 2.00 bits per heavy atom. The summed E-state index contributed by atoms with van der Waals surface area (Å²) in [5, 5.41) is 3.24. The van der Waals surface area contributed by atoms with Crippen molar-refractivity contribution in [3.05, 3.63) is 23.7 Å². The van der Waals surface area contributed by atoms with Gasteiger partial charge in [0, 0.05) is 31.1 Å². The number of nitrogens with two attached hydrogens (primary N) is 1. The Balaban J connectivity index is 1.88. The molecule has 0 saturated carbocycles. The number of anilines is 1. The highest BCUT2D eigenvalue weighted by Gasteiger charge is 2.35. The number of nitrogens with one attached hydrogen (secondary N) is 1. The Kier molecular flexibility index (Phi) is 5.22. The van der Waals surface area contributed by atoms with Crippen molar-refractivity contribution in [1.82, 2.24) is 15.3 Å². The average molecular weight is 354 g/mol. The quantitative estimate of drug-likeness (QED) is 0.807. The molecule has 0 aliphatic carbocycles. The van der Waals surface area contributed by atoms with Crippen LogP contribution in [0.1, 0.15) is 30.7 Å². The molecule has 0 radical (unpaired) electrons. The standard InChI is InChI=1S/C16H21F3N6/c17-16(18,19)14-8-13(23-15(24-14)25-6-1-7-25)11(9-20)10-22-12-2-4-21-5-3-12/h8-10,12,21H,1-7,20H2/b11-9+,22-10?. The molecule has 2 fully saturated rings. The Bertz CT molecular complexity index is 660. The van der Waals surface area contributed by atoms with E-state index in [1.807, 2.05) is 0 Å². The lowest BCUT2D eigenvalue weighted by Crippen LogP contribution is -2.38. The molecule has 1 aromatic heterocycles. The lowest BCUT2D eigenvalue weighted by Gasteiger charge is -2.31. The molecule has 6 nitrogen and oxygen atoms in total. The fourth-order valence-electron chi connectivity index (χ4n) is 2.72. The Morgan fingerprint density at radius 1 is 1.28 bits per heavy atom. The summed E-state index contributed by atoms with van der Waals surface area (Å²) in [4.78, 5) is 14.1. The lowest BCUT2D eigenvalue weighted by atomic mass is 10.1. The molecule has 2 aliphatic rings. The second kappa shape index (κ2) is 7.38. The van der Waals surface area contributed by atoms with Gasteiger partial charge in [-0.25, -0.2) is 9.97 Å². The van der Waals surface area contributed by atoms with E-state index in [4.69, 9.17) is 5.73 Å². The Morgan fingerprint density at radius 3 is 2.56 bits per heavy atom. The van der Waals surface area contributed by atoms with Crippen molar-refractivity contribution in [2.45, 2.75) is 31.5 Å². The second-order valence-electron chi connectivity index (χ2n) is 6.16. The van der Waals surface area contributed by atoms with Crippen molar-refractivity contribution in [2.24, 2.45) is 10.7 Å². The van der Waals surface area contributed by atoms with E-state index < -0.39 is 11.9 Å². The SMILES string of the molecule is N/C=C(\C=NC1CCNCC1)c1cc(C(F)(F)F)nc(N2CCC2)n1. The first-order valence-corrected chi connectivity index (χ1v) is 8.35. The van der Waals surface area contributed by atoms with Gasteiger partial charge in [-0.3, -0.25) is 4.99 Å². The fraction of sp³-hybridized carbons (Fsp3) is 0.562. The van der Waals surface area contributed by atoms with Crippen molar-refractivity contribution in [2.75, 3.05) is 31.1 Å². The van der Waals surface area contributed by atoms with Crippen molar-refractivity contribution >= 4 is 17.7 Å². The van der Waals surface area contributed by atoms with Crippen LogP contribution in [-0.2, 0) is 6.18 Å². The maximum atomic E-state index is 13.2. The minimum Gasteiger partial charge on any atom is -0.404 e. The average Bonchev–Trinajstić information content (AvgIpc) is 2.54. The molecule has 0 spiro atoms. The van der Waals surface area contributed by atoms with Crippen LogP contribution >= 0.6 is 0 Å². The predicted octanol–water partition coefficient (Wildman–Crippen LogP) is 1.83. The largest absolute Gasteiger partial charge is 0.433 e. The van der Waals surface area contributed by atoms with E-state index in [0.29, 0.717) is 18.7 Å². The van der Waals surface area contributed by atoms with E-state index in [2.05, 4.69) is 20.3 Å². The highest BCUT2D eigenvalue weighted by atomic mass is 19.4. The molecule has 2 saturated heterocycles. The van der Waals surface area contributed by atoms with Crippen LogP contribution < -0.4 is 16.0 Å². The smallest absolute Gasteiger partial charge is 0.404 e. The first kappa shape index (κ1) is 17.7. The molecular weight excluding hydrogens is 333 g/mol. The van der Waals surface area contributed by atoms with Gasteiger partial charge in [0.1, 0.15) is 0 Å². The van der Waals surface area contributed by atoms with Gasteiger partial charge >= 0.3 is 6.18 Å². The van der Waals surface area contributed by atoms with E-state index >= 15 is 0 Å². The molecule has 0 unspecified atom stereocenters. The van der Waals surface area contributed by atoms with E-state index in [-0.39, 0.29) is 17.7 Å². The minimum atomic E-state index is -4.54. The zero-order valence-corrected chi connectivity index (χ0v) is 13.8. The van der Waals surface area contributed by atoms with E-state index in [9.17, 15) is 13.2 Å². The van der Waals surface area contributed by atoms with Gasteiger partial charge in [-0.05, 0) is 38.4 Å². The molecule has 0 bridgehead atoms. The van der Waals surface area contributed by atoms with Crippen molar-refractivity contribution < 1.29 is 13.2 Å². The van der Waals surface area contributed by atoms with Gasteiger partial charge in [-0.2, -0.15) is 13.2 Å². The molecular formula is C16H21F3N6.